The van der Waals surface area contributed by atoms with Crippen LogP contribution in [0.15, 0.2) is 12.3 Å². The Bertz CT molecular complexity index is 847. The van der Waals surface area contributed by atoms with Crippen LogP contribution in [0.5, 0.6) is 0 Å². The van der Waals surface area contributed by atoms with E-state index in [0.29, 0.717) is 25.9 Å². The summed E-state index contributed by atoms with van der Waals surface area (Å²) < 4.78 is 40.3. The second kappa shape index (κ2) is 4.69. The molecule has 2 aliphatic rings. The number of carbonyl (C=O) groups excluding carboxylic acids is 1. The van der Waals surface area contributed by atoms with E-state index in [4.69, 9.17) is 0 Å². The Morgan fingerprint density at radius 2 is 2.21 bits per heavy atom. The lowest BCUT2D eigenvalue weighted by Crippen LogP contribution is -2.41. The number of nitrogens with zero attached hydrogens (tertiary/aromatic N) is 4. The van der Waals surface area contributed by atoms with Crippen LogP contribution >= 0.6 is 0 Å². The Morgan fingerprint density at radius 3 is 2.88 bits per heavy atom. The third-order valence-corrected chi connectivity index (χ3v) is 4.94. The van der Waals surface area contributed by atoms with Gasteiger partial charge in [0.2, 0.25) is 0 Å². The lowest BCUT2D eigenvalue weighted by atomic mass is 10.1. The topological polar surface area (TPSA) is 71.2 Å². The van der Waals surface area contributed by atoms with Gasteiger partial charge in [-0.15, -0.1) is 0 Å². The summed E-state index contributed by atoms with van der Waals surface area (Å²) >= 11 is 0. The van der Waals surface area contributed by atoms with Gasteiger partial charge in [-0.2, -0.15) is 18.3 Å². The van der Waals surface area contributed by atoms with Gasteiger partial charge in [-0.25, -0.2) is 9.67 Å². The molecule has 3 heterocycles. The molecule has 1 aliphatic carbocycles. The molecule has 1 amide bonds. The molecule has 128 valence electrons. The molecule has 0 unspecified atom stereocenters. The van der Waals surface area contributed by atoms with Crippen LogP contribution in [0.1, 0.15) is 28.9 Å². The van der Waals surface area contributed by atoms with E-state index in [-0.39, 0.29) is 28.4 Å². The first-order chi connectivity index (χ1) is 11.2. The summed E-state index contributed by atoms with van der Waals surface area (Å²) in [6.45, 7) is 0.815. The number of aromatic nitrogens is 3. The van der Waals surface area contributed by atoms with Gasteiger partial charge >= 0.3 is 6.18 Å². The summed E-state index contributed by atoms with van der Waals surface area (Å²) in [5.41, 5.74) is -1.51. The number of hydrogen-bond acceptors (Lipinski definition) is 4. The fourth-order valence-corrected chi connectivity index (χ4v) is 3.43. The van der Waals surface area contributed by atoms with Gasteiger partial charge in [-0.3, -0.25) is 4.79 Å². The highest BCUT2D eigenvalue weighted by Crippen LogP contribution is 2.49. The highest BCUT2D eigenvalue weighted by Gasteiger charge is 2.56. The quantitative estimate of drug-likeness (QED) is 0.856. The van der Waals surface area contributed by atoms with Crippen molar-refractivity contribution in [2.75, 3.05) is 13.1 Å². The predicted molar refractivity (Wildman–Crippen MR) is 77.1 cm³/mol. The van der Waals surface area contributed by atoms with E-state index >= 15 is 0 Å². The van der Waals surface area contributed by atoms with Crippen molar-refractivity contribution in [2.24, 2.45) is 13.0 Å². The van der Waals surface area contributed by atoms with Crippen LogP contribution in [0.3, 0.4) is 0 Å². The summed E-state index contributed by atoms with van der Waals surface area (Å²) in [5, 5.41) is 13.3. The van der Waals surface area contributed by atoms with Crippen LogP contribution in [-0.2, 0) is 13.2 Å². The van der Waals surface area contributed by atoms with Crippen molar-refractivity contribution in [2.45, 2.75) is 24.6 Å². The number of aliphatic hydroxyl groups is 1. The average molecular weight is 340 g/mol. The lowest BCUT2D eigenvalue weighted by molar-refractivity contribution is -0.140. The zero-order chi connectivity index (χ0) is 17.3. The first-order valence-electron chi connectivity index (χ1n) is 7.61. The standard InChI is InChI=1S/C15H15F3N4O2/c1-21-12-10(11(20-21)15(16,17)18)4-8(6-19-12)13(23)22-3-2-14(24)5-9(14)7-22/h4,6,9,24H,2-3,5,7H2,1H3/t9-,14+/m0/s1. The minimum absolute atomic E-state index is 0.0658. The number of rotatable bonds is 1. The molecule has 2 atom stereocenters. The van der Waals surface area contributed by atoms with Gasteiger partial charge in [0.25, 0.3) is 5.91 Å². The highest BCUT2D eigenvalue weighted by atomic mass is 19.4. The molecule has 1 saturated carbocycles. The van der Waals surface area contributed by atoms with E-state index < -0.39 is 17.5 Å². The van der Waals surface area contributed by atoms with Gasteiger partial charge in [0.05, 0.1) is 16.6 Å². The predicted octanol–water partition coefficient (Wildman–Crippen LogP) is 1.58. The molecule has 1 aliphatic heterocycles. The van der Waals surface area contributed by atoms with Crippen molar-refractivity contribution in [3.8, 4) is 0 Å². The van der Waals surface area contributed by atoms with E-state index in [1.54, 1.807) is 4.90 Å². The molecule has 0 spiro atoms. The molecule has 24 heavy (non-hydrogen) atoms. The largest absolute Gasteiger partial charge is 0.435 e. The van der Waals surface area contributed by atoms with Crippen molar-refractivity contribution in [3.63, 3.8) is 0 Å². The number of amides is 1. The Balaban J connectivity index is 1.68. The summed E-state index contributed by atoms with van der Waals surface area (Å²) in [5.74, 6) is -0.300. The monoisotopic (exact) mass is 340 g/mol. The van der Waals surface area contributed by atoms with Crippen molar-refractivity contribution in [3.05, 3.63) is 23.5 Å². The molecule has 9 heteroatoms. The molecule has 0 aromatic carbocycles. The van der Waals surface area contributed by atoms with Gasteiger partial charge in [0, 0.05) is 32.3 Å². The summed E-state index contributed by atoms with van der Waals surface area (Å²) in [7, 11) is 1.38. The normalized spacial score (nSPS) is 26.5. The SMILES string of the molecule is Cn1nc(C(F)(F)F)c2cc(C(=O)N3CC[C@@]4(O)C[C@H]4C3)cnc21. The Kier molecular flexibility index (Phi) is 3.00. The summed E-state index contributed by atoms with van der Waals surface area (Å²) in [6.07, 6.45) is -2.16. The second-order valence-corrected chi connectivity index (χ2v) is 6.57. The maximum Gasteiger partial charge on any atom is 0.435 e. The average Bonchev–Trinajstić information content (AvgIpc) is 3.08. The number of piperidine rings is 1. The fourth-order valence-electron chi connectivity index (χ4n) is 3.43. The number of carbonyl (C=O) groups is 1. The number of pyridine rings is 1. The Morgan fingerprint density at radius 1 is 1.46 bits per heavy atom. The fraction of sp³-hybridized carbons (Fsp3) is 0.533. The minimum Gasteiger partial charge on any atom is -0.389 e. The van der Waals surface area contributed by atoms with E-state index in [1.807, 2.05) is 0 Å². The van der Waals surface area contributed by atoms with Crippen molar-refractivity contribution >= 4 is 16.9 Å². The Labute approximate surface area is 134 Å². The van der Waals surface area contributed by atoms with Gasteiger partial charge in [0.1, 0.15) is 0 Å². The van der Waals surface area contributed by atoms with Crippen molar-refractivity contribution < 1.29 is 23.1 Å². The van der Waals surface area contributed by atoms with Crippen LogP contribution in [0.25, 0.3) is 11.0 Å². The van der Waals surface area contributed by atoms with Crippen LogP contribution in [0.4, 0.5) is 13.2 Å². The van der Waals surface area contributed by atoms with Gasteiger partial charge in [0.15, 0.2) is 11.3 Å². The first kappa shape index (κ1) is 15.4. The number of fused-ring (bicyclic) bond motifs is 2. The molecule has 1 saturated heterocycles. The molecule has 0 radical (unpaired) electrons. The van der Waals surface area contributed by atoms with Crippen molar-refractivity contribution in [1.82, 2.24) is 19.7 Å². The zero-order valence-electron chi connectivity index (χ0n) is 12.8. The maximum atomic E-state index is 13.1. The van der Waals surface area contributed by atoms with Crippen LogP contribution in [-0.4, -0.2) is 49.4 Å². The molecule has 1 N–H and O–H groups in total. The Hall–Kier alpha value is -2.16. The summed E-state index contributed by atoms with van der Waals surface area (Å²) in [6, 6.07) is 1.20. The van der Waals surface area contributed by atoms with Gasteiger partial charge in [-0.1, -0.05) is 0 Å². The molecular weight excluding hydrogens is 325 g/mol. The molecule has 4 rings (SSSR count). The number of alkyl halides is 3. The highest BCUT2D eigenvalue weighted by molar-refractivity contribution is 5.97. The lowest BCUT2D eigenvalue weighted by Gasteiger charge is -2.29. The molecule has 2 aromatic rings. The van der Waals surface area contributed by atoms with Gasteiger partial charge in [-0.05, 0) is 18.9 Å². The first-order valence-corrected chi connectivity index (χ1v) is 7.61. The zero-order valence-corrected chi connectivity index (χ0v) is 12.8. The molecule has 2 fully saturated rings. The minimum atomic E-state index is -4.61. The third-order valence-electron chi connectivity index (χ3n) is 4.94. The third kappa shape index (κ3) is 2.26. The second-order valence-electron chi connectivity index (χ2n) is 6.57. The van der Waals surface area contributed by atoms with E-state index in [2.05, 4.69) is 10.1 Å². The van der Waals surface area contributed by atoms with E-state index in [0.717, 1.165) is 4.68 Å². The summed E-state index contributed by atoms with van der Waals surface area (Å²) in [4.78, 5) is 18.1. The van der Waals surface area contributed by atoms with Crippen LogP contribution in [0, 0.1) is 5.92 Å². The number of halogens is 3. The van der Waals surface area contributed by atoms with E-state index in [9.17, 15) is 23.1 Å². The van der Waals surface area contributed by atoms with Crippen LogP contribution < -0.4 is 0 Å². The number of likely N-dealkylation sites (tertiary alicyclic amines) is 1. The molecule has 6 nitrogen and oxygen atoms in total. The van der Waals surface area contributed by atoms with E-state index in [1.165, 1.54) is 19.3 Å². The van der Waals surface area contributed by atoms with Gasteiger partial charge < -0.3 is 10.0 Å². The maximum absolute atomic E-state index is 13.1. The molecular formula is C15H15F3N4O2. The van der Waals surface area contributed by atoms with Crippen molar-refractivity contribution in [1.29, 1.82) is 0 Å². The number of aryl methyl sites for hydroxylation is 1. The molecule has 2 aromatic heterocycles. The molecule has 0 bridgehead atoms. The number of hydrogen-bond donors (Lipinski definition) is 1. The van der Waals surface area contributed by atoms with Crippen LogP contribution in [0.2, 0.25) is 0 Å². The smallest absolute Gasteiger partial charge is 0.389 e.